The van der Waals surface area contributed by atoms with Gasteiger partial charge in [-0.2, -0.15) is 38.1 Å². The standard InChI is InChI=1S/C19H22F6N2OS/c20-18(21,22)14-8-13(9-15(10-14)19(23,24)25)17(28)27-6-3-7-29-12-16(27)11-26-4-1-2-5-26/h8-10,16H,1-7,11-12H2. The molecule has 2 aliphatic heterocycles. The van der Waals surface area contributed by atoms with Crippen LogP contribution in [0.15, 0.2) is 18.2 Å². The smallest absolute Gasteiger partial charge is 0.334 e. The van der Waals surface area contributed by atoms with E-state index in [2.05, 4.69) is 4.90 Å². The van der Waals surface area contributed by atoms with E-state index in [1.165, 1.54) is 4.90 Å². The average Bonchev–Trinajstić information content (AvgIpc) is 3.04. The first-order valence-electron chi connectivity index (χ1n) is 9.46. The molecule has 2 heterocycles. The molecule has 1 atom stereocenters. The van der Waals surface area contributed by atoms with Crippen LogP contribution in [0.25, 0.3) is 0 Å². The van der Waals surface area contributed by atoms with Crippen LogP contribution < -0.4 is 0 Å². The van der Waals surface area contributed by atoms with Crippen molar-refractivity contribution in [3.05, 3.63) is 34.9 Å². The highest BCUT2D eigenvalue weighted by Crippen LogP contribution is 2.37. The van der Waals surface area contributed by atoms with E-state index in [9.17, 15) is 31.1 Å². The molecule has 0 bridgehead atoms. The highest BCUT2D eigenvalue weighted by atomic mass is 32.2. The number of benzene rings is 1. The molecule has 2 fully saturated rings. The van der Waals surface area contributed by atoms with Crippen LogP contribution in [0.4, 0.5) is 26.3 Å². The van der Waals surface area contributed by atoms with Gasteiger partial charge in [0.2, 0.25) is 0 Å². The zero-order valence-corrected chi connectivity index (χ0v) is 16.5. The zero-order valence-electron chi connectivity index (χ0n) is 15.7. The van der Waals surface area contributed by atoms with Gasteiger partial charge < -0.3 is 9.80 Å². The summed E-state index contributed by atoms with van der Waals surface area (Å²) in [5, 5.41) is 0. The van der Waals surface area contributed by atoms with Gasteiger partial charge in [0.15, 0.2) is 0 Å². The molecule has 1 aromatic rings. The third-order valence-corrected chi connectivity index (χ3v) is 6.40. The minimum absolute atomic E-state index is 0.0524. The number of hydrogen-bond donors (Lipinski definition) is 0. The van der Waals surface area contributed by atoms with E-state index in [-0.39, 0.29) is 12.1 Å². The Balaban J connectivity index is 1.93. The lowest BCUT2D eigenvalue weighted by Crippen LogP contribution is -2.47. The summed E-state index contributed by atoms with van der Waals surface area (Å²) in [6.45, 7) is 2.70. The first-order valence-corrected chi connectivity index (χ1v) is 10.6. The second-order valence-corrected chi connectivity index (χ2v) is 8.53. The predicted molar refractivity (Wildman–Crippen MR) is 98.9 cm³/mol. The molecule has 10 heteroatoms. The van der Waals surface area contributed by atoms with Crippen molar-refractivity contribution in [2.75, 3.05) is 37.7 Å². The summed E-state index contributed by atoms with van der Waals surface area (Å²) >= 11 is 1.66. The topological polar surface area (TPSA) is 23.6 Å². The van der Waals surface area contributed by atoms with E-state index < -0.39 is 35.0 Å². The van der Waals surface area contributed by atoms with Crippen LogP contribution in [0, 0.1) is 0 Å². The Bertz CT molecular complexity index is 698. The Morgan fingerprint density at radius 3 is 2.07 bits per heavy atom. The predicted octanol–water partition coefficient (Wildman–Crippen LogP) is 4.77. The number of rotatable bonds is 3. The number of thioether (sulfide) groups is 1. The minimum Gasteiger partial charge on any atom is -0.334 e. The van der Waals surface area contributed by atoms with Crippen molar-refractivity contribution in [2.45, 2.75) is 37.7 Å². The lowest BCUT2D eigenvalue weighted by Gasteiger charge is -2.33. The maximum Gasteiger partial charge on any atom is 0.416 e. The SMILES string of the molecule is O=C(c1cc(C(F)(F)F)cc(C(F)(F)F)c1)N1CCCSCC1CN1CCCC1. The normalized spacial score (nSPS) is 22.0. The molecule has 0 spiro atoms. The van der Waals surface area contributed by atoms with Gasteiger partial charge in [0.25, 0.3) is 5.91 Å². The van der Waals surface area contributed by atoms with Crippen LogP contribution in [0.1, 0.15) is 40.7 Å². The van der Waals surface area contributed by atoms with E-state index in [1.807, 2.05) is 0 Å². The van der Waals surface area contributed by atoms with Crippen molar-refractivity contribution >= 4 is 17.7 Å². The Morgan fingerprint density at radius 2 is 1.52 bits per heavy atom. The van der Waals surface area contributed by atoms with E-state index in [0.29, 0.717) is 37.4 Å². The summed E-state index contributed by atoms with van der Waals surface area (Å²) in [5.74, 6) is 0.651. The molecule has 0 saturated carbocycles. The quantitative estimate of drug-likeness (QED) is 0.633. The van der Waals surface area contributed by atoms with Crippen LogP contribution in [-0.4, -0.2) is 59.4 Å². The Labute approximate surface area is 169 Å². The van der Waals surface area contributed by atoms with Crippen molar-refractivity contribution in [3.63, 3.8) is 0 Å². The molecule has 0 aromatic heterocycles. The Kier molecular flexibility index (Phi) is 6.72. The summed E-state index contributed by atoms with van der Waals surface area (Å²) < 4.78 is 78.9. The number of hydrogen-bond acceptors (Lipinski definition) is 3. The zero-order chi connectivity index (χ0) is 21.2. The largest absolute Gasteiger partial charge is 0.416 e. The van der Waals surface area contributed by atoms with Gasteiger partial charge in [0, 0.05) is 24.4 Å². The van der Waals surface area contributed by atoms with Crippen LogP contribution >= 0.6 is 11.8 Å². The number of halogens is 6. The molecular weight excluding hydrogens is 418 g/mol. The third-order valence-electron chi connectivity index (χ3n) is 5.20. The monoisotopic (exact) mass is 440 g/mol. The molecule has 0 N–H and O–H groups in total. The fourth-order valence-electron chi connectivity index (χ4n) is 3.75. The lowest BCUT2D eigenvalue weighted by molar-refractivity contribution is -0.143. The van der Waals surface area contributed by atoms with Crippen molar-refractivity contribution in [1.29, 1.82) is 0 Å². The van der Waals surface area contributed by atoms with Crippen LogP contribution in [0.2, 0.25) is 0 Å². The number of carbonyl (C=O) groups is 1. The van der Waals surface area contributed by atoms with Gasteiger partial charge in [-0.15, -0.1) is 0 Å². The molecule has 0 radical (unpaired) electrons. The third kappa shape index (κ3) is 5.59. The van der Waals surface area contributed by atoms with Gasteiger partial charge in [-0.05, 0) is 56.3 Å². The minimum atomic E-state index is -4.97. The van der Waals surface area contributed by atoms with E-state index in [1.54, 1.807) is 11.8 Å². The van der Waals surface area contributed by atoms with Crippen molar-refractivity contribution in [2.24, 2.45) is 0 Å². The molecule has 3 rings (SSSR count). The lowest BCUT2D eigenvalue weighted by atomic mass is 10.0. The summed E-state index contributed by atoms with van der Waals surface area (Å²) in [5.41, 5.74) is -3.49. The van der Waals surface area contributed by atoms with Crippen LogP contribution in [0.5, 0.6) is 0 Å². The van der Waals surface area contributed by atoms with Crippen molar-refractivity contribution in [3.8, 4) is 0 Å². The highest BCUT2D eigenvalue weighted by molar-refractivity contribution is 7.99. The average molecular weight is 440 g/mol. The van der Waals surface area contributed by atoms with Crippen LogP contribution in [-0.2, 0) is 12.4 Å². The molecule has 0 aliphatic carbocycles. The van der Waals surface area contributed by atoms with E-state index >= 15 is 0 Å². The number of likely N-dealkylation sites (tertiary alicyclic amines) is 1. The molecule has 162 valence electrons. The Morgan fingerprint density at radius 1 is 0.931 bits per heavy atom. The van der Waals surface area contributed by atoms with Gasteiger partial charge in [-0.1, -0.05) is 0 Å². The number of nitrogens with zero attached hydrogens (tertiary/aromatic N) is 2. The summed E-state index contributed by atoms with van der Waals surface area (Å²) in [4.78, 5) is 16.7. The maximum absolute atomic E-state index is 13.2. The number of amides is 1. The first kappa shape index (κ1) is 22.3. The molecule has 1 aromatic carbocycles. The van der Waals surface area contributed by atoms with Crippen molar-refractivity contribution in [1.82, 2.24) is 9.80 Å². The van der Waals surface area contributed by atoms with Gasteiger partial charge >= 0.3 is 12.4 Å². The van der Waals surface area contributed by atoms with E-state index in [4.69, 9.17) is 0 Å². The van der Waals surface area contributed by atoms with E-state index in [0.717, 1.165) is 31.7 Å². The first-order chi connectivity index (χ1) is 13.6. The molecule has 3 nitrogen and oxygen atoms in total. The van der Waals surface area contributed by atoms with Gasteiger partial charge in [0.05, 0.1) is 17.2 Å². The summed E-state index contributed by atoms with van der Waals surface area (Å²) in [6.07, 6.45) is -7.19. The molecule has 1 unspecified atom stereocenters. The highest BCUT2D eigenvalue weighted by Gasteiger charge is 2.38. The van der Waals surface area contributed by atoms with Crippen molar-refractivity contribution < 1.29 is 31.1 Å². The second-order valence-electron chi connectivity index (χ2n) is 7.38. The Hall–Kier alpha value is -1.42. The van der Waals surface area contributed by atoms with Gasteiger partial charge in [0.1, 0.15) is 0 Å². The van der Waals surface area contributed by atoms with Gasteiger partial charge in [-0.3, -0.25) is 4.79 Å². The number of carbonyl (C=O) groups excluding carboxylic acids is 1. The maximum atomic E-state index is 13.2. The summed E-state index contributed by atoms with van der Waals surface area (Å²) in [7, 11) is 0. The van der Waals surface area contributed by atoms with Gasteiger partial charge in [-0.25, -0.2) is 0 Å². The second kappa shape index (κ2) is 8.75. The fraction of sp³-hybridized carbons (Fsp3) is 0.632. The molecular formula is C19H22F6N2OS. The number of alkyl halides is 6. The molecule has 2 saturated heterocycles. The fourth-order valence-corrected chi connectivity index (χ4v) is 4.81. The molecule has 1 amide bonds. The summed E-state index contributed by atoms with van der Waals surface area (Å²) in [6, 6.07) is 0.874. The molecule has 29 heavy (non-hydrogen) atoms. The molecule has 2 aliphatic rings. The van der Waals surface area contributed by atoms with Crippen LogP contribution in [0.3, 0.4) is 0 Å².